The maximum atomic E-state index is 4.26. The molecule has 0 radical (unpaired) electrons. The zero-order valence-corrected chi connectivity index (χ0v) is 29.5. The average Bonchev–Trinajstić information content (AvgIpc) is 3.41. The Kier molecular flexibility index (Phi) is 8.34. The van der Waals surface area contributed by atoms with E-state index in [0.29, 0.717) is 0 Å². The van der Waals surface area contributed by atoms with Crippen molar-refractivity contribution in [1.29, 1.82) is 0 Å². The Morgan fingerprint density at radius 1 is 0.451 bits per heavy atom. The molecular weight excluding hydrogens is 615 g/mol. The number of benzene rings is 7. The van der Waals surface area contributed by atoms with E-state index in [0.717, 1.165) is 17.1 Å². The van der Waals surface area contributed by atoms with Gasteiger partial charge in [0.05, 0.1) is 0 Å². The van der Waals surface area contributed by atoms with E-state index in [-0.39, 0.29) is 5.41 Å². The minimum Gasteiger partial charge on any atom is -0.311 e. The number of anilines is 3. The molecule has 1 aliphatic rings. The van der Waals surface area contributed by atoms with Crippen LogP contribution in [0.4, 0.5) is 17.1 Å². The van der Waals surface area contributed by atoms with Gasteiger partial charge in [0.25, 0.3) is 0 Å². The number of allylic oxidation sites excluding steroid dienone is 2. The molecule has 0 aromatic heterocycles. The fourth-order valence-corrected chi connectivity index (χ4v) is 7.68. The normalized spacial score (nSPS) is 13.2. The first-order valence-electron chi connectivity index (χ1n) is 17.7. The van der Waals surface area contributed by atoms with Crippen molar-refractivity contribution in [3.63, 3.8) is 0 Å². The molecule has 0 bridgehead atoms. The van der Waals surface area contributed by atoms with Gasteiger partial charge in [0.15, 0.2) is 0 Å². The van der Waals surface area contributed by atoms with Crippen LogP contribution in [0.15, 0.2) is 194 Å². The Morgan fingerprint density at radius 2 is 0.863 bits per heavy atom. The van der Waals surface area contributed by atoms with Crippen LogP contribution in [0.5, 0.6) is 0 Å². The standard InChI is InChI=1S/C50H41N/c1-5-47-49(45-19-13-12-14-35(45)2)46-33-26-41(34-48(46)50(47,3)4)40-24-31-44(32-25-40)51(42-27-20-38(21-28-42)36-15-8-6-9-16-36)43-29-22-39(23-30-43)37-17-10-7-11-18-37/h5-34H,1H2,2-4H3. The summed E-state index contributed by atoms with van der Waals surface area (Å²) in [5.74, 6) is 0. The SMILES string of the molecule is C=CC1=C(c2ccccc2C)c2ccc(-c3ccc(N(c4ccc(-c5ccccc5)cc4)c4ccc(-c5ccccc5)cc4)cc3)cc2C1(C)C. The highest BCUT2D eigenvalue weighted by molar-refractivity contribution is 5.93. The largest absolute Gasteiger partial charge is 0.311 e. The summed E-state index contributed by atoms with van der Waals surface area (Å²) in [5.41, 5.74) is 18.2. The van der Waals surface area contributed by atoms with E-state index in [9.17, 15) is 0 Å². The molecule has 246 valence electrons. The second-order valence-corrected chi connectivity index (χ2v) is 13.9. The van der Waals surface area contributed by atoms with Crippen molar-refractivity contribution in [2.45, 2.75) is 26.2 Å². The van der Waals surface area contributed by atoms with E-state index in [1.807, 2.05) is 0 Å². The van der Waals surface area contributed by atoms with Gasteiger partial charge in [-0.3, -0.25) is 0 Å². The van der Waals surface area contributed by atoms with Crippen LogP contribution < -0.4 is 4.90 Å². The van der Waals surface area contributed by atoms with Crippen molar-refractivity contribution in [2.75, 3.05) is 4.90 Å². The van der Waals surface area contributed by atoms with Gasteiger partial charge in [-0.15, -0.1) is 0 Å². The topological polar surface area (TPSA) is 3.24 Å². The number of fused-ring (bicyclic) bond motifs is 1. The van der Waals surface area contributed by atoms with E-state index in [4.69, 9.17) is 0 Å². The van der Waals surface area contributed by atoms with Crippen LogP contribution in [0.1, 0.15) is 36.1 Å². The first-order valence-corrected chi connectivity index (χ1v) is 17.7. The average molecular weight is 656 g/mol. The molecule has 0 heterocycles. The molecule has 0 saturated carbocycles. The minimum atomic E-state index is -0.153. The molecule has 0 fully saturated rings. The Balaban J connectivity index is 1.16. The fourth-order valence-electron chi connectivity index (χ4n) is 7.68. The highest BCUT2D eigenvalue weighted by Crippen LogP contribution is 2.50. The molecule has 8 rings (SSSR count). The lowest BCUT2D eigenvalue weighted by atomic mass is 9.80. The number of nitrogens with zero attached hydrogens (tertiary/aromatic N) is 1. The number of rotatable bonds is 8. The van der Waals surface area contributed by atoms with Gasteiger partial charge in [0.1, 0.15) is 0 Å². The molecule has 0 amide bonds. The molecule has 0 atom stereocenters. The van der Waals surface area contributed by atoms with Gasteiger partial charge in [-0.1, -0.05) is 160 Å². The molecule has 7 aromatic carbocycles. The third-order valence-corrected chi connectivity index (χ3v) is 10.4. The van der Waals surface area contributed by atoms with Crippen molar-refractivity contribution in [3.05, 3.63) is 216 Å². The Bertz CT molecular complexity index is 2280. The summed E-state index contributed by atoms with van der Waals surface area (Å²) in [7, 11) is 0. The smallest absolute Gasteiger partial charge is 0.0462 e. The van der Waals surface area contributed by atoms with Gasteiger partial charge in [-0.25, -0.2) is 0 Å². The van der Waals surface area contributed by atoms with E-state index < -0.39 is 0 Å². The van der Waals surface area contributed by atoms with Crippen LogP contribution in [0.25, 0.3) is 39.0 Å². The van der Waals surface area contributed by atoms with Gasteiger partial charge in [0, 0.05) is 22.5 Å². The number of hydrogen-bond donors (Lipinski definition) is 0. The highest BCUT2D eigenvalue weighted by atomic mass is 15.1. The molecule has 1 nitrogen and oxygen atoms in total. The monoisotopic (exact) mass is 655 g/mol. The summed E-state index contributed by atoms with van der Waals surface area (Å²) in [6, 6.07) is 63.5. The molecule has 0 saturated heterocycles. The zero-order chi connectivity index (χ0) is 35.0. The maximum Gasteiger partial charge on any atom is 0.0462 e. The molecular formula is C50H41N. The predicted octanol–water partition coefficient (Wildman–Crippen LogP) is 13.7. The van der Waals surface area contributed by atoms with Crippen LogP contribution in [-0.2, 0) is 5.41 Å². The Morgan fingerprint density at radius 3 is 1.33 bits per heavy atom. The van der Waals surface area contributed by atoms with Gasteiger partial charge in [-0.2, -0.15) is 0 Å². The van der Waals surface area contributed by atoms with Crippen LogP contribution in [0.2, 0.25) is 0 Å². The minimum absolute atomic E-state index is 0.153. The van der Waals surface area contributed by atoms with Crippen molar-refractivity contribution in [2.24, 2.45) is 0 Å². The maximum absolute atomic E-state index is 4.26. The van der Waals surface area contributed by atoms with Crippen molar-refractivity contribution < 1.29 is 0 Å². The summed E-state index contributed by atoms with van der Waals surface area (Å²) in [6.07, 6.45) is 2.06. The molecule has 0 unspecified atom stereocenters. The molecule has 0 N–H and O–H groups in total. The first kappa shape index (κ1) is 32.0. The molecule has 51 heavy (non-hydrogen) atoms. The van der Waals surface area contributed by atoms with Gasteiger partial charge in [0.2, 0.25) is 0 Å². The van der Waals surface area contributed by atoms with Crippen LogP contribution >= 0.6 is 0 Å². The third kappa shape index (κ3) is 5.92. The van der Waals surface area contributed by atoms with E-state index in [2.05, 4.69) is 214 Å². The molecule has 7 aromatic rings. The highest BCUT2D eigenvalue weighted by Gasteiger charge is 2.37. The Hall–Kier alpha value is -6.18. The number of aryl methyl sites for hydroxylation is 1. The van der Waals surface area contributed by atoms with Gasteiger partial charge in [-0.05, 0) is 116 Å². The van der Waals surface area contributed by atoms with Gasteiger partial charge < -0.3 is 4.90 Å². The Labute approximate surface area is 302 Å². The summed E-state index contributed by atoms with van der Waals surface area (Å²) in [6.45, 7) is 11.1. The lowest BCUT2D eigenvalue weighted by molar-refractivity contribution is 0.654. The third-order valence-electron chi connectivity index (χ3n) is 10.4. The van der Waals surface area contributed by atoms with Crippen molar-refractivity contribution >= 4 is 22.6 Å². The van der Waals surface area contributed by atoms with Crippen LogP contribution in [0, 0.1) is 6.92 Å². The number of hydrogen-bond acceptors (Lipinski definition) is 1. The zero-order valence-electron chi connectivity index (χ0n) is 29.5. The van der Waals surface area contributed by atoms with Crippen LogP contribution in [0.3, 0.4) is 0 Å². The van der Waals surface area contributed by atoms with Crippen LogP contribution in [-0.4, -0.2) is 0 Å². The summed E-state index contributed by atoms with van der Waals surface area (Å²) in [4.78, 5) is 2.34. The van der Waals surface area contributed by atoms with E-state index >= 15 is 0 Å². The molecule has 0 aliphatic heterocycles. The second kappa shape index (κ2) is 13.3. The predicted molar refractivity (Wildman–Crippen MR) is 218 cm³/mol. The van der Waals surface area contributed by atoms with Crippen molar-refractivity contribution in [3.8, 4) is 33.4 Å². The van der Waals surface area contributed by atoms with Gasteiger partial charge >= 0.3 is 0 Å². The molecule has 1 aliphatic carbocycles. The van der Waals surface area contributed by atoms with Crippen molar-refractivity contribution in [1.82, 2.24) is 0 Å². The lowest BCUT2D eigenvalue weighted by Crippen LogP contribution is -2.16. The van der Waals surface area contributed by atoms with E-state index in [1.54, 1.807) is 0 Å². The molecule has 1 heteroatoms. The summed E-state index contributed by atoms with van der Waals surface area (Å²) >= 11 is 0. The summed E-state index contributed by atoms with van der Waals surface area (Å²) < 4.78 is 0. The second-order valence-electron chi connectivity index (χ2n) is 13.9. The van der Waals surface area contributed by atoms with E-state index in [1.165, 1.54) is 66.8 Å². The quantitative estimate of drug-likeness (QED) is 0.157. The fraction of sp³-hybridized carbons (Fsp3) is 0.0800. The first-order chi connectivity index (χ1) is 24.9. The summed E-state index contributed by atoms with van der Waals surface area (Å²) in [5, 5.41) is 0. The molecule has 0 spiro atoms. The lowest BCUT2D eigenvalue weighted by Gasteiger charge is -2.26.